The van der Waals surface area contributed by atoms with Gasteiger partial charge in [0.15, 0.2) is 0 Å². The first-order valence-electron chi connectivity index (χ1n) is 9.10. The Morgan fingerprint density at radius 3 is 1.22 bits per heavy atom. The van der Waals surface area contributed by atoms with Crippen LogP contribution in [0.2, 0.25) is 0 Å². The molecule has 0 aliphatic heterocycles. The van der Waals surface area contributed by atoms with E-state index in [-0.39, 0.29) is 0 Å². The van der Waals surface area contributed by atoms with Crippen molar-refractivity contribution >= 4 is 14.5 Å². The fraction of sp³-hybridized carbons (Fsp3) is 1.00. The van der Waals surface area contributed by atoms with Crippen molar-refractivity contribution in [1.82, 2.24) is 9.34 Å². The maximum Gasteiger partial charge on any atom is 0.558 e. The molecule has 0 aromatic carbocycles. The molecule has 0 saturated heterocycles. The monoisotopic (exact) mass is 434 g/mol. The SMILES string of the molecule is CCCC[P+](C)(N(CC)CC)N(CC)CC.F[B-](F)(F)C(F)(F)C(F)(F)F. The van der Waals surface area contributed by atoms with Crippen LogP contribution in [0.4, 0.5) is 34.9 Å². The molecule has 0 aliphatic carbocycles. The molecule has 0 N–H and O–H groups in total. The number of hydrogen-bond donors (Lipinski definition) is 0. The van der Waals surface area contributed by atoms with Gasteiger partial charge in [-0.3, -0.25) is 0 Å². The molecule has 0 aromatic heterocycles. The lowest BCUT2D eigenvalue weighted by molar-refractivity contribution is -0.256. The van der Waals surface area contributed by atoms with E-state index in [1.54, 1.807) is 0 Å². The molecule has 166 valence electrons. The van der Waals surface area contributed by atoms with Crippen LogP contribution in [0.3, 0.4) is 0 Å². The minimum atomic E-state index is -7.21. The lowest BCUT2D eigenvalue weighted by atomic mass is 9.80. The van der Waals surface area contributed by atoms with Crippen molar-refractivity contribution < 1.29 is 34.9 Å². The average Bonchev–Trinajstić information content (AvgIpc) is 2.53. The summed E-state index contributed by atoms with van der Waals surface area (Å²) in [4.78, 5) is 0. The Morgan fingerprint density at radius 1 is 0.741 bits per heavy atom. The van der Waals surface area contributed by atoms with Gasteiger partial charge in [-0.25, -0.2) is 8.78 Å². The number of hydrogen-bond acceptors (Lipinski definition) is 2. The standard InChI is InChI=1S/C13H32N2P.C2BF8/c1-7-12-13-16(6,14(8-2)9-3)15(10-4)11-5;4-1(5,2(6,7)8)3(9,10)11/h7-13H2,1-6H3;/q+1;-1. The molecule has 0 rings (SSSR count). The molecule has 0 fully saturated rings. The van der Waals surface area contributed by atoms with Crippen molar-refractivity contribution in [2.45, 2.75) is 59.5 Å². The first kappa shape index (κ1) is 29.1. The summed E-state index contributed by atoms with van der Waals surface area (Å²) in [6, 6.07) is 0. The fourth-order valence-electron chi connectivity index (χ4n) is 2.77. The summed E-state index contributed by atoms with van der Waals surface area (Å²) in [5.41, 5.74) is 0. The van der Waals surface area contributed by atoms with Crippen LogP contribution in [0.25, 0.3) is 0 Å². The maximum absolute atomic E-state index is 11.2. The van der Waals surface area contributed by atoms with Crippen LogP contribution < -0.4 is 0 Å². The van der Waals surface area contributed by atoms with Gasteiger partial charge in [-0.15, -0.1) is 0 Å². The van der Waals surface area contributed by atoms with Crippen LogP contribution in [0.1, 0.15) is 47.5 Å². The Balaban J connectivity index is 0. The molecule has 12 heteroatoms. The Kier molecular flexibility index (Phi) is 12.7. The molecule has 0 aromatic rings. The topological polar surface area (TPSA) is 6.48 Å². The van der Waals surface area contributed by atoms with E-state index < -0.39 is 26.5 Å². The molecule has 0 spiro atoms. The van der Waals surface area contributed by atoms with E-state index in [1.165, 1.54) is 45.2 Å². The van der Waals surface area contributed by atoms with Crippen molar-refractivity contribution in [3.63, 3.8) is 0 Å². The number of alkyl halides is 5. The summed E-state index contributed by atoms with van der Waals surface area (Å²) in [6.45, 7) is 11.6. The summed E-state index contributed by atoms with van der Waals surface area (Å²) in [6.07, 6.45) is -2.46. The molecule has 0 bridgehead atoms. The second-order valence-corrected chi connectivity index (χ2v) is 9.89. The zero-order chi connectivity index (χ0) is 22.1. The fourth-order valence-corrected chi connectivity index (χ4v) is 7.05. The maximum atomic E-state index is 11.2. The number of unbranched alkanes of at least 4 members (excludes halogenated alkanes) is 1. The van der Waals surface area contributed by atoms with Gasteiger partial charge in [0.2, 0.25) is 0 Å². The van der Waals surface area contributed by atoms with Gasteiger partial charge in [0.1, 0.15) is 7.56 Å². The second kappa shape index (κ2) is 11.8. The quantitative estimate of drug-likeness (QED) is 0.220. The van der Waals surface area contributed by atoms with Crippen LogP contribution in [-0.4, -0.2) is 67.3 Å². The van der Waals surface area contributed by atoms with E-state index in [0.29, 0.717) is 0 Å². The third-order valence-corrected chi connectivity index (χ3v) is 9.14. The van der Waals surface area contributed by atoms with Gasteiger partial charge in [0.25, 0.3) is 0 Å². The summed E-state index contributed by atoms with van der Waals surface area (Å²) >= 11 is 0. The molecular formula is C15H32BF8N2P. The molecule has 0 aliphatic rings. The Morgan fingerprint density at radius 2 is 1.07 bits per heavy atom. The van der Waals surface area contributed by atoms with Gasteiger partial charge < -0.3 is 12.9 Å². The van der Waals surface area contributed by atoms with Crippen molar-refractivity contribution in [3.05, 3.63) is 0 Å². The lowest BCUT2D eigenvalue weighted by Gasteiger charge is -2.39. The minimum Gasteiger partial charge on any atom is -0.445 e. The molecule has 0 unspecified atom stereocenters. The largest absolute Gasteiger partial charge is 0.558 e. The van der Waals surface area contributed by atoms with Gasteiger partial charge in [-0.1, -0.05) is 13.3 Å². The predicted octanol–water partition coefficient (Wildman–Crippen LogP) is 6.52. The first-order valence-corrected chi connectivity index (χ1v) is 11.4. The average molecular weight is 434 g/mol. The highest BCUT2D eigenvalue weighted by Gasteiger charge is 2.69. The molecular weight excluding hydrogens is 402 g/mol. The third kappa shape index (κ3) is 8.01. The van der Waals surface area contributed by atoms with Crippen molar-refractivity contribution in [2.24, 2.45) is 0 Å². The van der Waals surface area contributed by atoms with E-state index in [1.807, 2.05) is 0 Å². The highest BCUT2D eigenvalue weighted by molar-refractivity contribution is 7.70. The molecule has 27 heavy (non-hydrogen) atoms. The van der Waals surface area contributed by atoms with E-state index in [2.05, 4.69) is 50.6 Å². The van der Waals surface area contributed by atoms with Gasteiger partial charge in [0, 0.05) is 26.2 Å². The molecule has 0 heterocycles. The van der Waals surface area contributed by atoms with Gasteiger partial charge in [-0.05, 0) is 34.1 Å². The second-order valence-electron chi connectivity index (χ2n) is 6.14. The molecule has 0 amide bonds. The zero-order valence-electron chi connectivity index (χ0n) is 16.9. The van der Waals surface area contributed by atoms with Gasteiger partial charge in [-0.2, -0.15) is 22.5 Å². The number of rotatable bonds is 10. The minimum absolute atomic E-state index is 1.04. The summed E-state index contributed by atoms with van der Waals surface area (Å²) in [7, 11) is -1.04. The van der Waals surface area contributed by atoms with Crippen molar-refractivity contribution in [1.29, 1.82) is 0 Å². The van der Waals surface area contributed by atoms with E-state index in [9.17, 15) is 34.9 Å². The molecule has 0 atom stereocenters. The third-order valence-electron chi connectivity index (χ3n) is 4.40. The summed E-state index contributed by atoms with van der Waals surface area (Å²) in [5.74, 6) is -6.56. The van der Waals surface area contributed by atoms with E-state index >= 15 is 0 Å². The summed E-state index contributed by atoms with van der Waals surface area (Å²) < 4.78 is 93.3. The first-order chi connectivity index (χ1) is 12.1. The summed E-state index contributed by atoms with van der Waals surface area (Å²) in [5, 5.41) is 0. The van der Waals surface area contributed by atoms with Crippen LogP contribution in [0.15, 0.2) is 0 Å². The highest BCUT2D eigenvalue weighted by Crippen LogP contribution is 2.61. The normalized spacial score (nSPS) is 13.8. The number of nitrogens with zero attached hydrogens (tertiary/aromatic N) is 2. The predicted molar refractivity (Wildman–Crippen MR) is 98.5 cm³/mol. The molecule has 0 saturated carbocycles. The van der Waals surface area contributed by atoms with Gasteiger partial charge in [0.05, 0.1) is 12.8 Å². The van der Waals surface area contributed by atoms with Crippen LogP contribution in [-0.2, 0) is 0 Å². The van der Waals surface area contributed by atoms with Crippen molar-refractivity contribution in [2.75, 3.05) is 39.0 Å². The zero-order valence-corrected chi connectivity index (χ0v) is 17.8. The Labute approximate surface area is 158 Å². The molecule has 0 radical (unpaired) electrons. The van der Waals surface area contributed by atoms with Gasteiger partial charge >= 0.3 is 19.0 Å². The van der Waals surface area contributed by atoms with E-state index in [4.69, 9.17) is 0 Å². The molecule has 2 nitrogen and oxygen atoms in total. The number of halogens is 8. The Bertz CT molecular complexity index is 368. The van der Waals surface area contributed by atoms with E-state index in [0.717, 1.165) is 0 Å². The van der Waals surface area contributed by atoms with Crippen LogP contribution in [0.5, 0.6) is 0 Å². The van der Waals surface area contributed by atoms with Crippen LogP contribution in [0, 0.1) is 0 Å². The van der Waals surface area contributed by atoms with Crippen LogP contribution >= 0.6 is 7.56 Å². The van der Waals surface area contributed by atoms with Crippen molar-refractivity contribution in [3.8, 4) is 0 Å². The smallest absolute Gasteiger partial charge is 0.445 e. The Hall–Kier alpha value is -0.145. The highest BCUT2D eigenvalue weighted by atomic mass is 31.2. The lowest BCUT2D eigenvalue weighted by Crippen LogP contribution is -2.53.